The molecule has 21 heavy (non-hydrogen) atoms. The van der Waals surface area contributed by atoms with Crippen LogP contribution in [0.1, 0.15) is 37.4 Å². The topological polar surface area (TPSA) is 34.2 Å². The number of nitrogens with one attached hydrogen (secondary N) is 1. The van der Waals surface area contributed by atoms with Crippen LogP contribution in [-0.2, 0) is 12.8 Å². The second-order valence-corrected chi connectivity index (χ2v) is 5.93. The number of hydrogen-bond donors (Lipinski definition) is 1. The van der Waals surface area contributed by atoms with Crippen LogP contribution in [0.15, 0.2) is 12.1 Å². The first kappa shape index (κ1) is 14.5. The summed E-state index contributed by atoms with van der Waals surface area (Å²) in [5.41, 5.74) is 4.59. The highest BCUT2D eigenvalue weighted by Gasteiger charge is 2.21. The molecule has 0 amide bonds. The first-order valence-corrected chi connectivity index (χ1v) is 8.05. The number of halogens is 1. The standard InChI is InChI=1S/C17H21ClN2O/c1-3-10-19-16-11-6-4-5-7-13(11)20-17-14(21-2)9-8-12(18)15(16)17/h8-9H,3-7,10H2,1-2H3,(H,19,20). The van der Waals surface area contributed by atoms with Gasteiger partial charge in [0.1, 0.15) is 11.3 Å². The number of benzene rings is 1. The van der Waals surface area contributed by atoms with Crippen molar-refractivity contribution in [2.45, 2.75) is 39.0 Å². The van der Waals surface area contributed by atoms with Gasteiger partial charge in [-0.3, -0.25) is 0 Å². The van der Waals surface area contributed by atoms with Crippen molar-refractivity contribution in [3.63, 3.8) is 0 Å². The van der Waals surface area contributed by atoms with Crippen LogP contribution in [0.4, 0.5) is 5.69 Å². The summed E-state index contributed by atoms with van der Waals surface area (Å²) < 4.78 is 5.48. The average molecular weight is 305 g/mol. The van der Waals surface area contributed by atoms with E-state index >= 15 is 0 Å². The van der Waals surface area contributed by atoms with Crippen molar-refractivity contribution in [1.82, 2.24) is 4.98 Å². The van der Waals surface area contributed by atoms with Gasteiger partial charge >= 0.3 is 0 Å². The number of rotatable bonds is 4. The van der Waals surface area contributed by atoms with Crippen molar-refractivity contribution in [2.75, 3.05) is 19.0 Å². The van der Waals surface area contributed by atoms with Gasteiger partial charge in [0.25, 0.3) is 0 Å². The van der Waals surface area contributed by atoms with Crippen molar-refractivity contribution < 1.29 is 4.74 Å². The lowest BCUT2D eigenvalue weighted by Gasteiger charge is -2.22. The van der Waals surface area contributed by atoms with E-state index < -0.39 is 0 Å². The van der Waals surface area contributed by atoms with Crippen molar-refractivity contribution in [1.29, 1.82) is 0 Å². The van der Waals surface area contributed by atoms with Gasteiger partial charge in [0.15, 0.2) is 0 Å². The minimum Gasteiger partial charge on any atom is -0.494 e. The first-order valence-electron chi connectivity index (χ1n) is 7.68. The zero-order valence-corrected chi connectivity index (χ0v) is 13.4. The van der Waals surface area contributed by atoms with Crippen LogP contribution >= 0.6 is 11.6 Å². The molecule has 1 aromatic heterocycles. The third kappa shape index (κ3) is 2.55. The van der Waals surface area contributed by atoms with Crippen LogP contribution in [0, 0.1) is 0 Å². The second kappa shape index (κ2) is 6.10. The molecule has 0 radical (unpaired) electrons. The Balaban J connectivity index is 2.30. The largest absolute Gasteiger partial charge is 0.494 e. The molecule has 0 bridgehead atoms. The number of anilines is 1. The smallest absolute Gasteiger partial charge is 0.145 e. The van der Waals surface area contributed by atoms with Gasteiger partial charge in [-0.15, -0.1) is 0 Å². The van der Waals surface area contributed by atoms with Gasteiger partial charge in [-0.25, -0.2) is 4.98 Å². The second-order valence-electron chi connectivity index (χ2n) is 5.52. The number of pyridine rings is 1. The zero-order valence-electron chi connectivity index (χ0n) is 12.6. The lowest BCUT2D eigenvalue weighted by Crippen LogP contribution is -2.12. The minimum absolute atomic E-state index is 0.741. The number of hydrogen-bond acceptors (Lipinski definition) is 3. The van der Waals surface area contributed by atoms with Gasteiger partial charge in [0.2, 0.25) is 0 Å². The maximum absolute atomic E-state index is 6.48. The van der Waals surface area contributed by atoms with Crippen LogP contribution in [0.3, 0.4) is 0 Å². The molecule has 1 aliphatic rings. The van der Waals surface area contributed by atoms with Crippen molar-refractivity contribution in [3.05, 3.63) is 28.4 Å². The number of methoxy groups -OCH3 is 1. The molecule has 1 N–H and O–H groups in total. The summed E-state index contributed by atoms with van der Waals surface area (Å²) in [5.74, 6) is 0.794. The van der Waals surface area contributed by atoms with Crippen molar-refractivity contribution in [3.8, 4) is 5.75 Å². The summed E-state index contributed by atoms with van der Waals surface area (Å²) in [6, 6.07) is 3.80. The van der Waals surface area contributed by atoms with Crippen molar-refractivity contribution >= 4 is 28.2 Å². The zero-order chi connectivity index (χ0) is 14.8. The summed E-state index contributed by atoms with van der Waals surface area (Å²) in [5, 5.41) is 5.32. The molecule has 0 atom stereocenters. The van der Waals surface area contributed by atoms with E-state index in [-0.39, 0.29) is 0 Å². The number of aryl methyl sites for hydroxylation is 1. The Morgan fingerprint density at radius 1 is 1.29 bits per heavy atom. The molecule has 3 nitrogen and oxygen atoms in total. The Kier molecular flexibility index (Phi) is 4.20. The van der Waals surface area contributed by atoms with Gasteiger partial charge in [-0.05, 0) is 49.8 Å². The molecule has 0 aliphatic heterocycles. The van der Waals surface area contributed by atoms with Crippen LogP contribution in [0.5, 0.6) is 5.75 Å². The van der Waals surface area contributed by atoms with E-state index in [1.54, 1.807) is 7.11 Å². The molecule has 0 unspecified atom stereocenters. The summed E-state index contributed by atoms with van der Waals surface area (Å²) in [4.78, 5) is 4.87. The van der Waals surface area contributed by atoms with E-state index in [0.29, 0.717) is 0 Å². The summed E-state index contributed by atoms with van der Waals surface area (Å²) in [6.45, 7) is 3.12. The monoisotopic (exact) mass is 304 g/mol. The Labute approximate surface area is 130 Å². The van der Waals surface area contributed by atoms with E-state index in [2.05, 4.69) is 12.2 Å². The van der Waals surface area contributed by atoms with Crippen molar-refractivity contribution in [2.24, 2.45) is 0 Å². The van der Waals surface area contributed by atoms with E-state index in [0.717, 1.165) is 47.5 Å². The maximum atomic E-state index is 6.48. The Hall–Kier alpha value is -1.48. The quantitative estimate of drug-likeness (QED) is 0.896. The van der Waals surface area contributed by atoms with E-state index in [1.807, 2.05) is 12.1 Å². The molecular formula is C17H21ClN2O. The third-order valence-corrected chi connectivity index (χ3v) is 4.41. The molecule has 1 heterocycles. The van der Waals surface area contributed by atoms with E-state index in [4.69, 9.17) is 21.3 Å². The molecule has 0 spiro atoms. The summed E-state index contributed by atoms with van der Waals surface area (Å²) in [6.07, 6.45) is 5.64. The van der Waals surface area contributed by atoms with Gasteiger partial charge < -0.3 is 10.1 Å². The SMILES string of the molecule is CCCNc1c2c(nc3c(OC)ccc(Cl)c13)CCCC2. The van der Waals surface area contributed by atoms with Crippen LogP contribution < -0.4 is 10.1 Å². The molecule has 0 saturated heterocycles. The molecule has 3 rings (SSSR count). The molecule has 112 valence electrons. The highest BCUT2D eigenvalue weighted by atomic mass is 35.5. The summed E-state index contributed by atoms with van der Waals surface area (Å²) >= 11 is 6.48. The molecule has 0 saturated carbocycles. The predicted molar refractivity (Wildman–Crippen MR) is 88.7 cm³/mol. The van der Waals surface area contributed by atoms with E-state index in [9.17, 15) is 0 Å². The molecule has 4 heteroatoms. The van der Waals surface area contributed by atoms with Crippen LogP contribution in [0.2, 0.25) is 5.02 Å². The first-order chi connectivity index (χ1) is 10.3. The lowest BCUT2D eigenvalue weighted by atomic mass is 9.92. The highest BCUT2D eigenvalue weighted by molar-refractivity contribution is 6.36. The van der Waals surface area contributed by atoms with Crippen LogP contribution in [0.25, 0.3) is 10.9 Å². The molecular weight excluding hydrogens is 284 g/mol. The number of nitrogens with zero attached hydrogens (tertiary/aromatic N) is 1. The number of fused-ring (bicyclic) bond motifs is 2. The van der Waals surface area contributed by atoms with Crippen LogP contribution in [-0.4, -0.2) is 18.6 Å². The number of ether oxygens (including phenoxy) is 1. The van der Waals surface area contributed by atoms with E-state index in [1.165, 1.54) is 29.8 Å². The molecule has 2 aromatic rings. The number of aromatic nitrogens is 1. The lowest BCUT2D eigenvalue weighted by molar-refractivity contribution is 0.418. The Morgan fingerprint density at radius 3 is 2.86 bits per heavy atom. The fourth-order valence-electron chi connectivity index (χ4n) is 3.07. The predicted octanol–water partition coefficient (Wildman–Crippen LogP) is 4.60. The third-order valence-electron chi connectivity index (χ3n) is 4.10. The van der Waals surface area contributed by atoms with Gasteiger partial charge in [-0.2, -0.15) is 0 Å². The van der Waals surface area contributed by atoms with Gasteiger partial charge in [0, 0.05) is 17.6 Å². The molecule has 1 aliphatic carbocycles. The highest BCUT2D eigenvalue weighted by Crippen LogP contribution is 2.40. The Bertz CT molecular complexity index is 670. The van der Waals surface area contributed by atoms with Gasteiger partial charge in [-0.1, -0.05) is 18.5 Å². The summed E-state index contributed by atoms with van der Waals surface area (Å²) in [7, 11) is 1.68. The minimum atomic E-state index is 0.741. The van der Waals surface area contributed by atoms with Gasteiger partial charge in [0.05, 0.1) is 17.8 Å². The Morgan fingerprint density at radius 2 is 2.10 bits per heavy atom. The molecule has 0 fully saturated rings. The maximum Gasteiger partial charge on any atom is 0.145 e. The normalized spacial score (nSPS) is 14.0. The fraction of sp³-hybridized carbons (Fsp3) is 0.471. The average Bonchev–Trinajstić information content (AvgIpc) is 2.52. The molecule has 1 aromatic carbocycles. The fourth-order valence-corrected chi connectivity index (χ4v) is 3.32.